The molecule has 2 saturated heterocycles. The number of hydrogen-bond acceptors (Lipinski definition) is 3. The summed E-state index contributed by atoms with van der Waals surface area (Å²) < 4.78 is 22.6. The van der Waals surface area contributed by atoms with Crippen LogP contribution in [0.2, 0.25) is 0 Å². The van der Waals surface area contributed by atoms with E-state index in [1.807, 2.05) is 0 Å². The van der Waals surface area contributed by atoms with E-state index in [4.69, 9.17) is 0 Å². The summed E-state index contributed by atoms with van der Waals surface area (Å²) in [5.74, 6) is 1.71. The number of hydrogen-bond donors (Lipinski definition) is 0. The molecule has 2 atom stereocenters. The molecule has 2 fully saturated rings. The molecule has 0 aromatic heterocycles. The second-order valence-corrected chi connectivity index (χ2v) is 6.80. The van der Waals surface area contributed by atoms with E-state index in [0.717, 1.165) is 13.1 Å². The lowest BCUT2D eigenvalue weighted by atomic mass is 10.0. The minimum absolute atomic E-state index is 0.424. The molecule has 0 saturated carbocycles. The van der Waals surface area contributed by atoms with Crippen molar-refractivity contribution < 1.29 is 8.42 Å². The van der Waals surface area contributed by atoms with Crippen LogP contribution >= 0.6 is 0 Å². The topological polar surface area (TPSA) is 37.4 Å². The highest BCUT2D eigenvalue weighted by molar-refractivity contribution is 7.91. The molecule has 0 N–H and O–H groups in total. The summed E-state index contributed by atoms with van der Waals surface area (Å²) in [5, 5.41) is 0. The monoisotopic (exact) mass is 203 g/mol. The minimum atomic E-state index is -2.68. The molecule has 13 heavy (non-hydrogen) atoms. The summed E-state index contributed by atoms with van der Waals surface area (Å²) >= 11 is 0. The third kappa shape index (κ3) is 1.74. The molecule has 0 amide bonds. The maximum Gasteiger partial charge on any atom is 0.150 e. The molecule has 2 aliphatic rings. The van der Waals surface area contributed by atoms with Gasteiger partial charge in [-0.2, -0.15) is 0 Å². The van der Waals surface area contributed by atoms with Crippen LogP contribution < -0.4 is 0 Å². The smallest absolute Gasteiger partial charge is 0.150 e. The first-order valence-corrected chi connectivity index (χ1v) is 6.74. The highest BCUT2D eigenvalue weighted by Gasteiger charge is 2.43. The molecule has 2 heterocycles. The second-order valence-electron chi connectivity index (χ2n) is 4.64. The van der Waals surface area contributed by atoms with Crippen molar-refractivity contribution in [2.45, 2.75) is 19.9 Å². The molecule has 4 heteroatoms. The van der Waals surface area contributed by atoms with Gasteiger partial charge in [-0.3, -0.25) is 0 Å². The van der Waals surface area contributed by atoms with Crippen LogP contribution in [0.25, 0.3) is 0 Å². The first-order chi connectivity index (χ1) is 5.98. The van der Waals surface area contributed by atoms with E-state index in [1.165, 1.54) is 0 Å². The first kappa shape index (κ1) is 9.46. The third-order valence-corrected chi connectivity index (χ3v) is 5.14. The normalized spacial score (nSPS) is 38.4. The Hall–Kier alpha value is -0.0900. The van der Waals surface area contributed by atoms with E-state index in [-0.39, 0.29) is 0 Å². The van der Waals surface area contributed by atoms with Crippen molar-refractivity contribution in [1.29, 1.82) is 0 Å². The van der Waals surface area contributed by atoms with Crippen LogP contribution in [0.5, 0.6) is 0 Å². The summed E-state index contributed by atoms with van der Waals surface area (Å²) in [6.07, 6.45) is 0. The van der Waals surface area contributed by atoms with E-state index in [0.29, 0.717) is 29.4 Å². The molecule has 0 aromatic carbocycles. The zero-order valence-corrected chi connectivity index (χ0v) is 9.05. The van der Waals surface area contributed by atoms with Gasteiger partial charge in [0.2, 0.25) is 0 Å². The van der Waals surface area contributed by atoms with E-state index in [9.17, 15) is 8.42 Å². The van der Waals surface area contributed by atoms with Crippen molar-refractivity contribution in [2.75, 3.05) is 24.6 Å². The predicted octanol–water partition coefficient (Wildman–Crippen LogP) is 0.371. The quantitative estimate of drug-likeness (QED) is 0.618. The molecule has 0 spiro atoms. The van der Waals surface area contributed by atoms with Crippen molar-refractivity contribution in [3.05, 3.63) is 0 Å². The molecular formula is C9H17NO2S. The molecule has 0 radical (unpaired) electrons. The van der Waals surface area contributed by atoms with Gasteiger partial charge in [0.25, 0.3) is 0 Å². The number of fused-ring (bicyclic) bond motifs is 1. The zero-order valence-electron chi connectivity index (χ0n) is 8.23. The van der Waals surface area contributed by atoms with Gasteiger partial charge in [-0.1, -0.05) is 0 Å². The fourth-order valence-corrected chi connectivity index (χ4v) is 4.69. The third-order valence-electron chi connectivity index (χ3n) is 3.27. The average molecular weight is 203 g/mol. The van der Waals surface area contributed by atoms with Crippen LogP contribution in [0.15, 0.2) is 0 Å². The number of sulfone groups is 1. The Labute approximate surface area is 80.0 Å². The number of rotatable bonds is 1. The van der Waals surface area contributed by atoms with Gasteiger partial charge in [-0.25, -0.2) is 8.42 Å². The van der Waals surface area contributed by atoms with E-state index >= 15 is 0 Å². The minimum Gasteiger partial charge on any atom is -0.300 e. The SMILES string of the molecule is CC(C)N1C[C@@H]2CS(=O)(=O)C[C@@H]2C1. The van der Waals surface area contributed by atoms with Gasteiger partial charge in [-0.15, -0.1) is 0 Å². The Kier molecular flexibility index (Phi) is 2.15. The molecule has 0 unspecified atom stereocenters. The van der Waals surface area contributed by atoms with Crippen molar-refractivity contribution in [3.63, 3.8) is 0 Å². The predicted molar refractivity (Wildman–Crippen MR) is 52.3 cm³/mol. The fourth-order valence-electron chi connectivity index (χ4n) is 2.49. The van der Waals surface area contributed by atoms with Crippen LogP contribution in [0.3, 0.4) is 0 Å². The maximum atomic E-state index is 11.3. The summed E-state index contributed by atoms with van der Waals surface area (Å²) in [6.45, 7) is 6.33. The van der Waals surface area contributed by atoms with Gasteiger partial charge in [0.1, 0.15) is 0 Å². The Morgan fingerprint density at radius 1 is 1.15 bits per heavy atom. The Morgan fingerprint density at radius 3 is 2.00 bits per heavy atom. The van der Waals surface area contributed by atoms with Crippen LogP contribution in [0.1, 0.15) is 13.8 Å². The van der Waals surface area contributed by atoms with Crippen molar-refractivity contribution in [1.82, 2.24) is 4.90 Å². The molecule has 0 aromatic rings. The van der Waals surface area contributed by atoms with Gasteiger partial charge < -0.3 is 4.90 Å². The second kappa shape index (κ2) is 2.95. The molecule has 0 bridgehead atoms. The van der Waals surface area contributed by atoms with Gasteiger partial charge in [0.15, 0.2) is 9.84 Å². The lowest BCUT2D eigenvalue weighted by Gasteiger charge is -2.20. The highest BCUT2D eigenvalue weighted by atomic mass is 32.2. The lowest BCUT2D eigenvalue weighted by molar-refractivity contribution is 0.263. The van der Waals surface area contributed by atoms with Gasteiger partial charge in [0.05, 0.1) is 11.5 Å². The van der Waals surface area contributed by atoms with Gasteiger partial charge in [-0.05, 0) is 25.7 Å². The number of nitrogens with zero attached hydrogens (tertiary/aromatic N) is 1. The van der Waals surface area contributed by atoms with Crippen molar-refractivity contribution in [3.8, 4) is 0 Å². The standard InChI is InChI=1S/C9H17NO2S/c1-7(2)10-3-8-5-13(11,12)6-9(8)4-10/h7-9H,3-6H2,1-2H3/t8-,9+. The summed E-state index contributed by atoms with van der Waals surface area (Å²) in [4.78, 5) is 2.39. The van der Waals surface area contributed by atoms with E-state index in [2.05, 4.69) is 18.7 Å². The van der Waals surface area contributed by atoms with Crippen molar-refractivity contribution >= 4 is 9.84 Å². The Morgan fingerprint density at radius 2 is 1.62 bits per heavy atom. The van der Waals surface area contributed by atoms with Gasteiger partial charge >= 0.3 is 0 Å². The molecular weight excluding hydrogens is 186 g/mol. The number of likely N-dealkylation sites (tertiary alicyclic amines) is 1. The average Bonchev–Trinajstić information content (AvgIpc) is 2.39. The van der Waals surface area contributed by atoms with E-state index < -0.39 is 9.84 Å². The van der Waals surface area contributed by atoms with Crippen LogP contribution in [0.4, 0.5) is 0 Å². The first-order valence-electron chi connectivity index (χ1n) is 4.92. The summed E-state index contributed by atoms with van der Waals surface area (Å²) in [7, 11) is -2.68. The lowest BCUT2D eigenvalue weighted by Crippen LogP contribution is -2.30. The van der Waals surface area contributed by atoms with E-state index in [1.54, 1.807) is 0 Å². The van der Waals surface area contributed by atoms with Gasteiger partial charge in [0, 0.05) is 19.1 Å². The molecule has 2 aliphatic heterocycles. The Balaban J connectivity index is 2.05. The van der Waals surface area contributed by atoms with Crippen molar-refractivity contribution in [2.24, 2.45) is 11.8 Å². The molecule has 3 nitrogen and oxygen atoms in total. The summed E-state index contributed by atoms with van der Waals surface area (Å²) in [6, 6.07) is 0.563. The van der Waals surface area contributed by atoms with Crippen LogP contribution in [-0.4, -0.2) is 44.0 Å². The molecule has 0 aliphatic carbocycles. The summed E-state index contributed by atoms with van der Waals surface area (Å²) in [5.41, 5.74) is 0. The Bertz CT molecular complexity index is 277. The van der Waals surface area contributed by atoms with Crippen LogP contribution in [-0.2, 0) is 9.84 Å². The molecule has 2 rings (SSSR count). The fraction of sp³-hybridized carbons (Fsp3) is 1.00. The molecule has 76 valence electrons. The zero-order chi connectivity index (χ0) is 9.64. The largest absolute Gasteiger partial charge is 0.300 e. The van der Waals surface area contributed by atoms with Crippen LogP contribution in [0, 0.1) is 11.8 Å². The maximum absolute atomic E-state index is 11.3. The highest BCUT2D eigenvalue weighted by Crippen LogP contribution is 2.33.